The van der Waals surface area contributed by atoms with E-state index in [4.69, 9.17) is 11.6 Å². The third kappa shape index (κ3) is 2.37. The van der Waals surface area contributed by atoms with Gasteiger partial charge in [0.05, 0.1) is 11.6 Å². The van der Waals surface area contributed by atoms with Gasteiger partial charge in [0.15, 0.2) is 5.82 Å². The summed E-state index contributed by atoms with van der Waals surface area (Å²) in [5.41, 5.74) is 2.37. The highest BCUT2D eigenvalue weighted by molar-refractivity contribution is 6.30. The van der Waals surface area contributed by atoms with Crippen LogP contribution >= 0.6 is 11.6 Å². The van der Waals surface area contributed by atoms with Crippen molar-refractivity contribution in [2.75, 3.05) is 0 Å². The Labute approximate surface area is 153 Å². The summed E-state index contributed by atoms with van der Waals surface area (Å²) in [5, 5.41) is 13.9. The Morgan fingerprint density at radius 3 is 2.38 bits per heavy atom. The minimum atomic E-state index is -0.285. The van der Waals surface area contributed by atoms with Crippen LogP contribution in [0.1, 0.15) is 24.2 Å². The molecule has 0 aliphatic heterocycles. The fraction of sp³-hybridized carbons (Fsp3) is 0.158. The van der Waals surface area contributed by atoms with Crippen LogP contribution in [0.15, 0.2) is 54.7 Å². The Balaban J connectivity index is 1.63. The maximum atomic E-state index is 13.2. The molecule has 4 aromatic rings. The molecule has 0 amide bonds. The summed E-state index contributed by atoms with van der Waals surface area (Å²) in [5.74, 6) is 0.935. The Kier molecular flexibility index (Phi) is 3.30. The van der Waals surface area contributed by atoms with Crippen LogP contribution in [0.5, 0.6) is 0 Å². The number of benzene rings is 2. The van der Waals surface area contributed by atoms with Crippen molar-refractivity contribution in [2.24, 2.45) is 0 Å². The molecule has 7 heteroatoms. The molecule has 1 saturated carbocycles. The summed E-state index contributed by atoms with van der Waals surface area (Å²) in [4.78, 5) is 4.36. The Bertz CT molecular complexity index is 1100. The van der Waals surface area contributed by atoms with Gasteiger partial charge in [0.1, 0.15) is 11.5 Å². The number of aromatic nitrogens is 5. The van der Waals surface area contributed by atoms with Gasteiger partial charge in [-0.25, -0.2) is 9.37 Å². The third-order valence-corrected chi connectivity index (χ3v) is 5.10. The van der Waals surface area contributed by atoms with Gasteiger partial charge in [-0.3, -0.25) is 0 Å². The van der Waals surface area contributed by atoms with Gasteiger partial charge in [-0.1, -0.05) is 23.7 Å². The number of nitrogens with zero attached hydrogens (tertiary/aromatic N) is 5. The van der Waals surface area contributed by atoms with Gasteiger partial charge in [-0.05, 0) is 54.8 Å². The van der Waals surface area contributed by atoms with Crippen LogP contribution in [0.25, 0.3) is 17.0 Å². The van der Waals surface area contributed by atoms with Gasteiger partial charge in [0.25, 0.3) is 5.78 Å². The lowest BCUT2D eigenvalue weighted by Crippen LogP contribution is -2.15. The zero-order chi connectivity index (χ0) is 17.7. The molecule has 0 saturated heterocycles. The molecule has 0 spiro atoms. The summed E-state index contributed by atoms with van der Waals surface area (Å²) >= 11 is 6.02. The minimum Gasteiger partial charge on any atom is -0.216 e. The molecule has 1 fully saturated rings. The third-order valence-electron chi connectivity index (χ3n) is 4.85. The predicted molar refractivity (Wildman–Crippen MR) is 95.4 cm³/mol. The van der Waals surface area contributed by atoms with Crippen molar-refractivity contribution in [2.45, 2.75) is 18.3 Å². The molecule has 2 heterocycles. The Hall–Kier alpha value is -2.86. The second-order valence-electron chi connectivity index (χ2n) is 6.47. The van der Waals surface area contributed by atoms with Gasteiger partial charge < -0.3 is 0 Å². The summed E-state index contributed by atoms with van der Waals surface area (Å²) in [7, 11) is 0. The van der Waals surface area contributed by atoms with E-state index in [0.717, 1.165) is 29.8 Å². The second-order valence-corrected chi connectivity index (χ2v) is 6.91. The first kappa shape index (κ1) is 15.4. The lowest BCUT2D eigenvalue weighted by atomic mass is 9.95. The van der Waals surface area contributed by atoms with Crippen LogP contribution in [0.2, 0.25) is 5.02 Å². The average Bonchev–Trinajstić information content (AvgIpc) is 3.35. The van der Waals surface area contributed by atoms with E-state index in [1.165, 1.54) is 12.1 Å². The summed E-state index contributed by atoms with van der Waals surface area (Å²) in [6.45, 7) is 0. The van der Waals surface area contributed by atoms with Crippen molar-refractivity contribution in [3.63, 3.8) is 0 Å². The summed E-state index contributed by atoms with van der Waals surface area (Å²) in [6.07, 6.45) is 3.57. The smallest absolute Gasteiger partial charge is 0.216 e. The molecule has 0 N–H and O–H groups in total. The highest BCUT2D eigenvalue weighted by Crippen LogP contribution is 2.52. The van der Waals surface area contributed by atoms with Gasteiger partial charge in [0.2, 0.25) is 0 Å². The van der Waals surface area contributed by atoms with Gasteiger partial charge in [-0.2, -0.15) is 9.61 Å². The molecule has 0 radical (unpaired) electrons. The van der Waals surface area contributed by atoms with Crippen LogP contribution in [-0.4, -0.2) is 24.8 Å². The molecule has 26 heavy (non-hydrogen) atoms. The van der Waals surface area contributed by atoms with E-state index in [9.17, 15) is 4.39 Å². The molecule has 5 rings (SSSR count). The Morgan fingerprint density at radius 1 is 0.962 bits per heavy atom. The zero-order valence-electron chi connectivity index (χ0n) is 13.6. The largest absolute Gasteiger partial charge is 0.271 e. The van der Waals surface area contributed by atoms with Crippen LogP contribution in [0.3, 0.4) is 0 Å². The second kappa shape index (κ2) is 5.57. The standard InChI is InChI=1S/C19H13ClFN5/c20-14-5-3-13(4-6-14)19(9-10-19)17-23-24-18-22-11-16(25-26(17)18)12-1-7-15(21)8-2-12/h1-8,11H,9-10H2. The maximum Gasteiger partial charge on any atom is 0.271 e. The van der Waals surface area contributed by atoms with Crippen molar-refractivity contribution in [3.8, 4) is 11.3 Å². The number of hydrogen-bond donors (Lipinski definition) is 0. The van der Waals surface area contributed by atoms with Crippen molar-refractivity contribution >= 4 is 17.4 Å². The average molecular weight is 366 g/mol. The predicted octanol–water partition coefficient (Wildman–Crippen LogP) is 4.06. The summed E-state index contributed by atoms with van der Waals surface area (Å²) < 4.78 is 14.9. The lowest BCUT2D eigenvalue weighted by Gasteiger charge is -2.13. The lowest BCUT2D eigenvalue weighted by molar-refractivity contribution is 0.628. The number of fused-ring (bicyclic) bond motifs is 1. The van der Waals surface area contributed by atoms with Crippen molar-refractivity contribution < 1.29 is 4.39 Å². The first-order chi connectivity index (χ1) is 12.7. The molecule has 2 aromatic heterocycles. The zero-order valence-corrected chi connectivity index (χ0v) is 14.4. The van der Waals surface area contributed by atoms with Gasteiger partial charge in [-0.15, -0.1) is 10.2 Å². The highest BCUT2D eigenvalue weighted by atomic mass is 35.5. The highest BCUT2D eigenvalue weighted by Gasteiger charge is 2.50. The van der Waals surface area contributed by atoms with E-state index in [1.807, 2.05) is 24.3 Å². The topological polar surface area (TPSA) is 56.0 Å². The van der Waals surface area contributed by atoms with Crippen molar-refractivity contribution in [1.82, 2.24) is 24.8 Å². The van der Waals surface area contributed by atoms with E-state index >= 15 is 0 Å². The fourth-order valence-electron chi connectivity index (χ4n) is 3.28. The van der Waals surface area contributed by atoms with E-state index in [0.29, 0.717) is 16.5 Å². The molecule has 0 bridgehead atoms. The molecule has 5 nitrogen and oxygen atoms in total. The summed E-state index contributed by atoms with van der Waals surface area (Å²) in [6, 6.07) is 14.0. The quantitative estimate of drug-likeness (QED) is 0.549. The molecule has 128 valence electrons. The maximum absolute atomic E-state index is 13.2. The van der Waals surface area contributed by atoms with Gasteiger partial charge >= 0.3 is 0 Å². The molecule has 1 aliphatic rings. The molecule has 2 aromatic carbocycles. The van der Waals surface area contributed by atoms with Gasteiger partial charge in [0, 0.05) is 10.6 Å². The molecular weight excluding hydrogens is 353 g/mol. The number of hydrogen-bond acceptors (Lipinski definition) is 4. The van der Waals surface area contributed by atoms with Crippen LogP contribution in [-0.2, 0) is 5.41 Å². The van der Waals surface area contributed by atoms with Crippen LogP contribution < -0.4 is 0 Å². The fourth-order valence-corrected chi connectivity index (χ4v) is 3.41. The van der Waals surface area contributed by atoms with Crippen molar-refractivity contribution in [3.05, 3.63) is 77.0 Å². The molecule has 0 unspecified atom stereocenters. The molecular formula is C19H13ClFN5. The van der Waals surface area contributed by atoms with E-state index in [2.05, 4.69) is 20.3 Å². The molecule has 1 aliphatic carbocycles. The van der Waals surface area contributed by atoms with Crippen LogP contribution in [0, 0.1) is 5.82 Å². The van der Waals surface area contributed by atoms with Crippen LogP contribution in [0.4, 0.5) is 4.39 Å². The normalized spacial score (nSPS) is 15.3. The number of halogens is 2. The van der Waals surface area contributed by atoms with E-state index in [1.54, 1.807) is 22.8 Å². The van der Waals surface area contributed by atoms with Crippen molar-refractivity contribution in [1.29, 1.82) is 0 Å². The monoisotopic (exact) mass is 365 g/mol. The first-order valence-electron chi connectivity index (χ1n) is 8.27. The molecule has 0 atom stereocenters. The minimum absolute atomic E-state index is 0.208. The number of rotatable bonds is 3. The van der Waals surface area contributed by atoms with E-state index < -0.39 is 0 Å². The SMILES string of the molecule is Fc1ccc(-c2cnc3nnc(C4(c5ccc(Cl)cc5)CC4)n3n2)cc1. The Morgan fingerprint density at radius 2 is 1.69 bits per heavy atom. The first-order valence-corrected chi connectivity index (χ1v) is 8.64. The van der Waals surface area contributed by atoms with E-state index in [-0.39, 0.29) is 11.2 Å².